The van der Waals surface area contributed by atoms with E-state index in [-0.39, 0.29) is 12.5 Å². The van der Waals surface area contributed by atoms with Crippen molar-refractivity contribution in [3.05, 3.63) is 28.5 Å². The highest BCUT2D eigenvalue weighted by atomic mass is 79.9. The molecule has 0 bridgehead atoms. The Kier molecular flexibility index (Phi) is 4.71. The molecule has 0 aliphatic rings. The summed E-state index contributed by atoms with van der Waals surface area (Å²) in [6, 6.07) is 3.36. The van der Waals surface area contributed by atoms with E-state index < -0.39 is 6.10 Å². The van der Waals surface area contributed by atoms with E-state index in [0.29, 0.717) is 16.6 Å². The Morgan fingerprint density at radius 3 is 3.07 bits per heavy atom. The van der Waals surface area contributed by atoms with Crippen molar-refractivity contribution in [3.63, 3.8) is 0 Å². The minimum absolute atomic E-state index is 0.234. The first-order valence-electron chi connectivity index (χ1n) is 4.72. The molecule has 0 aliphatic heterocycles. The van der Waals surface area contributed by atoms with Gasteiger partial charge >= 0.3 is 0 Å². The summed E-state index contributed by atoms with van der Waals surface area (Å²) >= 11 is 3.19. The number of hydrogen-bond acceptors (Lipinski definition) is 3. The van der Waals surface area contributed by atoms with Crippen molar-refractivity contribution >= 4 is 21.8 Å². The fourth-order valence-corrected chi connectivity index (χ4v) is 1.44. The van der Waals surface area contributed by atoms with E-state index in [4.69, 9.17) is 0 Å². The molecule has 1 amide bonds. The van der Waals surface area contributed by atoms with Gasteiger partial charge in [0.15, 0.2) is 0 Å². The maximum Gasteiger partial charge on any atom is 0.254 e. The van der Waals surface area contributed by atoms with Gasteiger partial charge in [-0.15, -0.1) is 0 Å². The smallest absolute Gasteiger partial charge is 0.254 e. The summed E-state index contributed by atoms with van der Waals surface area (Å²) in [6.07, 6.45) is 1.72. The van der Waals surface area contributed by atoms with E-state index in [2.05, 4.69) is 26.2 Å². The predicted molar refractivity (Wildman–Crippen MR) is 60.6 cm³/mol. The topological polar surface area (TPSA) is 62.2 Å². The number of aromatic nitrogens is 1. The number of amides is 1. The number of nitrogens with one attached hydrogen (secondary N) is 1. The highest BCUT2D eigenvalue weighted by molar-refractivity contribution is 9.10. The fourth-order valence-electron chi connectivity index (χ4n) is 1.01. The van der Waals surface area contributed by atoms with Crippen LogP contribution in [0.1, 0.15) is 23.7 Å². The molecule has 1 aromatic rings. The summed E-state index contributed by atoms with van der Waals surface area (Å²) in [7, 11) is 0. The molecular weight excluding hydrogens is 260 g/mol. The number of carbonyl (C=O) groups excluding carboxylic acids is 1. The van der Waals surface area contributed by atoms with Gasteiger partial charge in [-0.2, -0.15) is 0 Å². The van der Waals surface area contributed by atoms with Gasteiger partial charge in [-0.1, -0.05) is 6.92 Å². The average Bonchev–Trinajstić information content (AvgIpc) is 2.26. The van der Waals surface area contributed by atoms with Crippen LogP contribution < -0.4 is 5.32 Å². The SMILES string of the molecule is CCC(O)CNC(=O)c1cccnc1Br. The van der Waals surface area contributed by atoms with Gasteiger partial charge in [0.2, 0.25) is 0 Å². The Bertz CT molecular complexity index is 344. The molecule has 1 rings (SSSR count). The Hall–Kier alpha value is -0.940. The molecule has 0 spiro atoms. The van der Waals surface area contributed by atoms with Crippen molar-refractivity contribution in [2.45, 2.75) is 19.4 Å². The second-order valence-electron chi connectivity index (χ2n) is 3.11. The monoisotopic (exact) mass is 272 g/mol. The molecule has 1 heterocycles. The molecule has 82 valence electrons. The Balaban J connectivity index is 2.58. The Labute approximate surface area is 96.8 Å². The Morgan fingerprint density at radius 2 is 2.47 bits per heavy atom. The first-order chi connectivity index (χ1) is 7.15. The zero-order valence-corrected chi connectivity index (χ0v) is 9.99. The molecule has 2 N–H and O–H groups in total. The van der Waals surface area contributed by atoms with Gasteiger partial charge in [0.05, 0.1) is 11.7 Å². The number of nitrogens with zero attached hydrogens (tertiary/aromatic N) is 1. The number of carbonyl (C=O) groups is 1. The van der Waals surface area contributed by atoms with Crippen molar-refractivity contribution in [1.82, 2.24) is 10.3 Å². The van der Waals surface area contributed by atoms with Gasteiger partial charge in [0.25, 0.3) is 5.91 Å². The molecule has 5 heteroatoms. The van der Waals surface area contributed by atoms with E-state index in [0.717, 1.165) is 0 Å². The fraction of sp³-hybridized carbons (Fsp3) is 0.400. The largest absolute Gasteiger partial charge is 0.391 e. The van der Waals surface area contributed by atoms with Gasteiger partial charge in [0.1, 0.15) is 4.60 Å². The molecule has 0 saturated heterocycles. The molecule has 1 unspecified atom stereocenters. The van der Waals surface area contributed by atoms with Crippen LogP contribution in [0, 0.1) is 0 Å². The van der Waals surface area contributed by atoms with Crippen LogP contribution in [0.15, 0.2) is 22.9 Å². The van der Waals surface area contributed by atoms with Crippen LogP contribution in [0.2, 0.25) is 0 Å². The molecule has 0 aromatic carbocycles. The first kappa shape index (κ1) is 12.1. The van der Waals surface area contributed by atoms with Crippen LogP contribution in [0.5, 0.6) is 0 Å². The molecule has 15 heavy (non-hydrogen) atoms. The number of aliphatic hydroxyl groups excluding tert-OH is 1. The quantitative estimate of drug-likeness (QED) is 0.814. The maximum absolute atomic E-state index is 11.6. The van der Waals surface area contributed by atoms with Crippen LogP contribution in [-0.4, -0.2) is 28.6 Å². The number of halogens is 1. The van der Waals surface area contributed by atoms with Crippen molar-refractivity contribution < 1.29 is 9.90 Å². The summed E-state index contributed by atoms with van der Waals surface area (Å²) in [6.45, 7) is 2.12. The number of rotatable bonds is 4. The van der Waals surface area contributed by atoms with Crippen molar-refractivity contribution in [2.75, 3.05) is 6.54 Å². The summed E-state index contributed by atoms with van der Waals surface area (Å²) in [5, 5.41) is 11.9. The summed E-state index contributed by atoms with van der Waals surface area (Å²) < 4.78 is 0.508. The number of aliphatic hydroxyl groups is 1. The van der Waals surface area contributed by atoms with Gasteiger partial charge in [-0.25, -0.2) is 4.98 Å². The summed E-state index contributed by atoms with van der Waals surface area (Å²) in [5.74, 6) is -0.234. The van der Waals surface area contributed by atoms with Gasteiger partial charge < -0.3 is 10.4 Å². The van der Waals surface area contributed by atoms with Gasteiger partial charge in [-0.05, 0) is 34.5 Å². The molecule has 0 saturated carbocycles. The van der Waals surface area contributed by atoms with Crippen molar-refractivity contribution in [3.8, 4) is 0 Å². The van der Waals surface area contributed by atoms with Crippen LogP contribution in [0.3, 0.4) is 0 Å². The third kappa shape index (κ3) is 3.60. The zero-order valence-electron chi connectivity index (χ0n) is 8.40. The standard InChI is InChI=1S/C10H13BrN2O2/c1-2-7(14)6-13-10(15)8-4-3-5-12-9(8)11/h3-5,7,14H,2,6H2,1H3,(H,13,15). The van der Waals surface area contributed by atoms with Crippen molar-refractivity contribution in [2.24, 2.45) is 0 Å². The van der Waals surface area contributed by atoms with Crippen LogP contribution in [0.4, 0.5) is 0 Å². The van der Waals surface area contributed by atoms with Gasteiger partial charge in [-0.3, -0.25) is 4.79 Å². The maximum atomic E-state index is 11.6. The van der Waals surface area contributed by atoms with Crippen LogP contribution in [0.25, 0.3) is 0 Å². The van der Waals surface area contributed by atoms with E-state index in [9.17, 15) is 9.90 Å². The summed E-state index contributed by atoms with van der Waals surface area (Å²) in [4.78, 5) is 15.5. The van der Waals surface area contributed by atoms with E-state index >= 15 is 0 Å². The second kappa shape index (κ2) is 5.82. The molecule has 4 nitrogen and oxygen atoms in total. The molecule has 1 aromatic heterocycles. The van der Waals surface area contributed by atoms with Crippen LogP contribution >= 0.6 is 15.9 Å². The summed E-state index contributed by atoms with van der Waals surface area (Å²) in [5.41, 5.74) is 0.473. The van der Waals surface area contributed by atoms with E-state index in [1.165, 1.54) is 0 Å². The molecule has 0 aliphatic carbocycles. The van der Waals surface area contributed by atoms with Crippen LogP contribution in [-0.2, 0) is 0 Å². The second-order valence-corrected chi connectivity index (χ2v) is 3.87. The zero-order chi connectivity index (χ0) is 11.3. The number of hydrogen-bond donors (Lipinski definition) is 2. The third-order valence-corrected chi connectivity index (χ3v) is 2.61. The van der Waals surface area contributed by atoms with E-state index in [1.54, 1.807) is 18.3 Å². The average molecular weight is 273 g/mol. The first-order valence-corrected chi connectivity index (χ1v) is 5.51. The highest BCUT2D eigenvalue weighted by Gasteiger charge is 2.10. The lowest BCUT2D eigenvalue weighted by molar-refractivity contribution is 0.0912. The molecule has 1 atom stereocenters. The minimum Gasteiger partial charge on any atom is -0.391 e. The minimum atomic E-state index is -0.496. The third-order valence-electron chi connectivity index (χ3n) is 1.97. The normalized spacial score (nSPS) is 12.2. The lowest BCUT2D eigenvalue weighted by Crippen LogP contribution is -2.31. The van der Waals surface area contributed by atoms with Gasteiger partial charge in [0, 0.05) is 12.7 Å². The van der Waals surface area contributed by atoms with E-state index in [1.807, 2.05) is 6.92 Å². The Morgan fingerprint density at radius 1 is 1.73 bits per heavy atom. The van der Waals surface area contributed by atoms with Crippen molar-refractivity contribution in [1.29, 1.82) is 0 Å². The molecule has 0 radical (unpaired) electrons. The predicted octanol–water partition coefficient (Wildman–Crippen LogP) is 1.34. The number of pyridine rings is 1. The lowest BCUT2D eigenvalue weighted by atomic mass is 10.2. The highest BCUT2D eigenvalue weighted by Crippen LogP contribution is 2.11. The molecular formula is C10H13BrN2O2. The lowest BCUT2D eigenvalue weighted by Gasteiger charge is -2.09. The molecule has 0 fully saturated rings.